The summed E-state index contributed by atoms with van der Waals surface area (Å²) in [5.74, 6) is -1.42. The van der Waals surface area contributed by atoms with Crippen molar-refractivity contribution in [2.45, 2.75) is 25.7 Å². The van der Waals surface area contributed by atoms with Crippen molar-refractivity contribution in [1.29, 1.82) is 0 Å². The lowest BCUT2D eigenvalue weighted by molar-refractivity contribution is 0.0937. The van der Waals surface area contributed by atoms with Gasteiger partial charge >= 0.3 is 0 Å². The molecule has 1 aliphatic rings. The van der Waals surface area contributed by atoms with Crippen LogP contribution in [0.15, 0.2) is 0 Å². The van der Waals surface area contributed by atoms with E-state index in [1.165, 1.54) is 7.05 Å². The van der Waals surface area contributed by atoms with Gasteiger partial charge in [0.25, 0.3) is 5.91 Å². The maximum absolute atomic E-state index is 13.7. The Morgan fingerprint density at radius 2 is 2.07 bits per heavy atom. The molecular formula is C10H12F2N2O. The van der Waals surface area contributed by atoms with Gasteiger partial charge in [-0.3, -0.25) is 4.79 Å². The lowest BCUT2D eigenvalue weighted by Gasteiger charge is -2.10. The Hall–Kier alpha value is -1.39. The van der Waals surface area contributed by atoms with Crippen molar-refractivity contribution >= 4 is 5.91 Å². The highest BCUT2D eigenvalue weighted by Crippen LogP contribution is 2.28. The van der Waals surface area contributed by atoms with E-state index >= 15 is 0 Å². The fraction of sp³-hybridized carbons (Fsp3) is 0.500. The standard InChI is InChI=1S/C10H12F2N2O/c1-13-10(15)9-8(11)6-4-2-3-5-7(6)14(9)12/h2-5H2,1H3,(H,13,15). The highest BCUT2D eigenvalue weighted by atomic mass is 19.2. The van der Waals surface area contributed by atoms with E-state index < -0.39 is 17.4 Å². The van der Waals surface area contributed by atoms with Crippen LogP contribution in [-0.2, 0) is 12.8 Å². The van der Waals surface area contributed by atoms with Crippen LogP contribution in [0.2, 0.25) is 0 Å². The Morgan fingerprint density at radius 1 is 1.40 bits per heavy atom. The maximum Gasteiger partial charge on any atom is 0.273 e. The number of carbonyl (C=O) groups excluding carboxylic acids is 1. The third-order valence-corrected chi connectivity index (χ3v) is 2.79. The first kappa shape index (κ1) is 10.1. The number of hydrogen-bond acceptors (Lipinski definition) is 1. The molecule has 15 heavy (non-hydrogen) atoms. The fourth-order valence-corrected chi connectivity index (χ4v) is 2.01. The van der Waals surface area contributed by atoms with Crippen molar-refractivity contribution in [3.63, 3.8) is 0 Å². The van der Waals surface area contributed by atoms with E-state index in [0.29, 0.717) is 24.1 Å². The van der Waals surface area contributed by atoms with Gasteiger partial charge in [0.15, 0.2) is 11.5 Å². The zero-order chi connectivity index (χ0) is 11.0. The molecule has 1 heterocycles. The molecule has 0 unspecified atom stereocenters. The molecule has 5 heteroatoms. The molecule has 2 rings (SSSR count). The second-order valence-corrected chi connectivity index (χ2v) is 3.65. The number of carbonyl (C=O) groups is 1. The smallest absolute Gasteiger partial charge is 0.273 e. The van der Waals surface area contributed by atoms with Crippen molar-refractivity contribution in [2.24, 2.45) is 0 Å². The predicted molar refractivity (Wildman–Crippen MR) is 50.9 cm³/mol. The summed E-state index contributed by atoms with van der Waals surface area (Å²) >= 11 is 0. The molecule has 0 aromatic carbocycles. The van der Waals surface area contributed by atoms with E-state index in [1.807, 2.05) is 0 Å². The zero-order valence-electron chi connectivity index (χ0n) is 8.44. The summed E-state index contributed by atoms with van der Waals surface area (Å²) < 4.78 is 27.3. The molecule has 3 nitrogen and oxygen atoms in total. The monoisotopic (exact) mass is 214 g/mol. The summed E-state index contributed by atoms with van der Waals surface area (Å²) in [6, 6.07) is 0. The minimum Gasteiger partial charge on any atom is -0.354 e. The van der Waals surface area contributed by atoms with Crippen LogP contribution in [0.4, 0.5) is 8.87 Å². The summed E-state index contributed by atoms with van der Waals surface area (Å²) in [6.07, 6.45) is 2.70. The van der Waals surface area contributed by atoms with Crippen LogP contribution in [-0.4, -0.2) is 17.7 Å². The minimum absolute atomic E-state index is 0.197. The fourth-order valence-electron chi connectivity index (χ4n) is 2.01. The van der Waals surface area contributed by atoms with Crippen LogP contribution in [0, 0.1) is 5.82 Å². The molecule has 1 aromatic heterocycles. The van der Waals surface area contributed by atoms with Crippen LogP contribution in [0.5, 0.6) is 0 Å². The van der Waals surface area contributed by atoms with Gasteiger partial charge in [-0.1, -0.05) is 4.48 Å². The van der Waals surface area contributed by atoms with Crippen molar-refractivity contribution in [3.05, 3.63) is 22.8 Å². The molecule has 0 fully saturated rings. The molecule has 1 aromatic rings. The molecule has 1 N–H and O–H groups in total. The van der Waals surface area contributed by atoms with E-state index in [1.54, 1.807) is 0 Å². The van der Waals surface area contributed by atoms with Gasteiger partial charge in [0.1, 0.15) is 0 Å². The van der Waals surface area contributed by atoms with E-state index in [9.17, 15) is 13.7 Å². The van der Waals surface area contributed by atoms with Crippen LogP contribution >= 0.6 is 0 Å². The van der Waals surface area contributed by atoms with Gasteiger partial charge in [0, 0.05) is 12.6 Å². The Morgan fingerprint density at radius 3 is 2.67 bits per heavy atom. The van der Waals surface area contributed by atoms with Crippen LogP contribution < -0.4 is 5.32 Å². The molecular weight excluding hydrogens is 202 g/mol. The number of hydrogen-bond donors (Lipinski definition) is 1. The first-order valence-corrected chi connectivity index (χ1v) is 4.97. The summed E-state index contributed by atoms with van der Waals surface area (Å²) in [7, 11) is 1.35. The van der Waals surface area contributed by atoms with Gasteiger partial charge in [0.2, 0.25) is 0 Å². The Bertz CT molecular complexity index is 383. The number of rotatable bonds is 1. The van der Waals surface area contributed by atoms with E-state index in [0.717, 1.165) is 12.8 Å². The first-order chi connectivity index (χ1) is 7.16. The number of fused-ring (bicyclic) bond motifs is 1. The second-order valence-electron chi connectivity index (χ2n) is 3.65. The maximum atomic E-state index is 13.7. The molecule has 0 saturated carbocycles. The number of amides is 1. The van der Waals surface area contributed by atoms with Gasteiger partial charge in [-0.25, -0.2) is 4.39 Å². The molecule has 0 saturated heterocycles. The summed E-state index contributed by atoms with van der Waals surface area (Å²) in [6.45, 7) is 0. The zero-order valence-corrected chi connectivity index (χ0v) is 8.44. The number of nitrogens with one attached hydrogen (secondary N) is 1. The highest BCUT2D eigenvalue weighted by molar-refractivity contribution is 5.93. The lowest BCUT2D eigenvalue weighted by Crippen LogP contribution is -2.21. The first-order valence-electron chi connectivity index (χ1n) is 4.97. The van der Waals surface area contributed by atoms with Crippen LogP contribution in [0.1, 0.15) is 34.6 Å². The highest BCUT2D eigenvalue weighted by Gasteiger charge is 2.28. The normalized spacial score (nSPS) is 14.9. The van der Waals surface area contributed by atoms with Gasteiger partial charge < -0.3 is 5.32 Å². The van der Waals surface area contributed by atoms with Crippen molar-refractivity contribution in [2.75, 3.05) is 7.05 Å². The van der Waals surface area contributed by atoms with E-state index in [-0.39, 0.29) is 4.79 Å². The van der Waals surface area contributed by atoms with Crippen LogP contribution in [0.25, 0.3) is 0 Å². The number of aromatic nitrogens is 1. The van der Waals surface area contributed by atoms with Gasteiger partial charge in [-0.05, 0) is 25.7 Å². The van der Waals surface area contributed by atoms with Crippen molar-refractivity contribution in [1.82, 2.24) is 10.1 Å². The predicted octanol–water partition coefficient (Wildman–Crippen LogP) is 1.60. The van der Waals surface area contributed by atoms with Gasteiger partial charge in [0.05, 0.1) is 5.69 Å². The SMILES string of the molecule is CNC(=O)c1c(F)c2c(n1F)CCCC2. The van der Waals surface area contributed by atoms with Gasteiger partial charge in [-0.2, -0.15) is 4.79 Å². The van der Waals surface area contributed by atoms with Crippen molar-refractivity contribution < 1.29 is 13.7 Å². The Kier molecular flexibility index (Phi) is 2.46. The summed E-state index contributed by atoms with van der Waals surface area (Å²) in [5, 5.41) is 2.23. The molecule has 0 radical (unpaired) electrons. The molecule has 0 aliphatic heterocycles. The third-order valence-electron chi connectivity index (χ3n) is 2.79. The Labute approximate surface area is 86.0 Å². The average Bonchev–Trinajstić information content (AvgIpc) is 2.52. The average molecular weight is 214 g/mol. The molecule has 0 bridgehead atoms. The van der Waals surface area contributed by atoms with Gasteiger partial charge in [-0.15, -0.1) is 0 Å². The number of nitrogens with zero attached hydrogens (tertiary/aromatic N) is 1. The largest absolute Gasteiger partial charge is 0.354 e. The van der Waals surface area contributed by atoms with E-state index in [4.69, 9.17) is 0 Å². The minimum atomic E-state index is -0.718. The Balaban J connectivity index is 2.56. The van der Waals surface area contributed by atoms with Crippen molar-refractivity contribution in [3.8, 4) is 0 Å². The van der Waals surface area contributed by atoms with E-state index in [2.05, 4.69) is 5.32 Å². The summed E-state index contributed by atoms with van der Waals surface area (Å²) in [4.78, 5) is 11.5. The topological polar surface area (TPSA) is 34.0 Å². The quantitative estimate of drug-likeness (QED) is 0.757. The molecule has 0 atom stereocenters. The molecule has 1 aliphatic carbocycles. The molecule has 0 spiro atoms. The molecule has 1 amide bonds. The third kappa shape index (κ3) is 1.42. The summed E-state index contributed by atoms with van der Waals surface area (Å²) in [5.41, 5.74) is 0.184. The van der Waals surface area contributed by atoms with Crippen LogP contribution in [0.3, 0.4) is 0 Å². The number of halogens is 2. The second kappa shape index (κ2) is 3.64. The molecule has 82 valence electrons. The lowest BCUT2D eigenvalue weighted by atomic mass is 9.98.